The molecule has 9 nitrogen and oxygen atoms in total. The highest BCUT2D eigenvalue weighted by molar-refractivity contribution is 6.06. The van der Waals surface area contributed by atoms with Crippen molar-refractivity contribution in [3.8, 4) is 5.75 Å². The van der Waals surface area contributed by atoms with E-state index in [0.717, 1.165) is 6.54 Å². The molecule has 37 heavy (non-hydrogen) atoms. The quantitative estimate of drug-likeness (QED) is 0.561. The Morgan fingerprint density at radius 3 is 2.73 bits per heavy atom. The molecule has 1 aliphatic carbocycles. The van der Waals surface area contributed by atoms with Crippen LogP contribution >= 0.6 is 0 Å². The van der Waals surface area contributed by atoms with E-state index >= 15 is 0 Å². The van der Waals surface area contributed by atoms with Gasteiger partial charge in [0.15, 0.2) is 5.75 Å². The van der Waals surface area contributed by atoms with Gasteiger partial charge in [0.1, 0.15) is 11.8 Å². The number of hydrogen-bond acceptors (Lipinski definition) is 7. The summed E-state index contributed by atoms with van der Waals surface area (Å²) >= 11 is 0. The molecule has 2 amide bonds. The molecule has 200 valence electrons. The number of nitrogens with one attached hydrogen (secondary N) is 1. The van der Waals surface area contributed by atoms with Crippen molar-refractivity contribution in [2.75, 3.05) is 38.6 Å². The van der Waals surface area contributed by atoms with Crippen LogP contribution in [0, 0.1) is 11.8 Å². The zero-order valence-electron chi connectivity index (χ0n) is 22.1. The van der Waals surface area contributed by atoms with Gasteiger partial charge in [0.25, 0.3) is 11.8 Å². The van der Waals surface area contributed by atoms with E-state index in [1.54, 1.807) is 23.1 Å². The molecule has 2 aromatic rings. The second-order valence-corrected chi connectivity index (χ2v) is 10.6. The van der Waals surface area contributed by atoms with Crippen LogP contribution in [0.25, 0.3) is 0 Å². The molecule has 1 aliphatic heterocycles. The van der Waals surface area contributed by atoms with Gasteiger partial charge >= 0.3 is 0 Å². The number of rotatable bonds is 8. The number of likely N-dealkylation sites (N-methyl/N-ethyl adjacent to an activating group) is 1. The van der Waals surface area contributed by atoms with Gasteiger partial charge in [-0.3, -0.25) is 14.6 Å². The van der Waals surface area contributed by atoms with Crippen LogP contribution in [0.4, 0.5) is 5.69 Å². The first-order chi connectivity index (χ1) is 17.9. The van der Waals surface area contributed by atoms with Crippen LogP contribution in [0.3, 0.4) is 0 Å². The van der Waals surface area contributed by atoms with Crippen LogP contribution in [0.1, 0.15) is 66.8 Å². The van der Waals surface area contributed by atoms with E-state index in [-0.39, 0.29) is 36.3 Å². The van der Waals surface area contributed by atoms with Gasteiger partial charge in [-0.1, -0.05) is 32.3 Å². The Hall–Kier alpha value is -3.04. The lowest BCUT2D eigenvalue weighted by molar-refractivity contribution is 0.0332. The second kappa shape index (κ2) is 12.5. The number of carbonyl (C=O) groups excluding carboxylic acids is 2. The van der Waals surface area contributed by atoms with Crippen LogP contribution in [-0.4, -0.2) is 82.1 Å². The van der Waals surface area contributed by atoms with Crippen molar-refractivity contribution >= 4 is 17.5 Å². The van der Waals surface area contributed by atoms with Crippen LogP contribution in [-0.2, 0) is 0 Å². The lowest BCUT2D eigenvalue weighted by atomic mass is 9.89. The van der Waals surface area contributed by atoms with Gasteiger partial charge in [0.05, 0.1) is 30.1 Å². The van der Waals surface area contributed by atoms with Crippen molar-refractivity contribution in [1.29, 1.82) is 0 Å². The number of aromatic nitrogens is 2. The molecule has 2 heterocycles. The monoisotopic (exact) mass is 509 g/mol. The number of para-hydroxylation sites is 1. The molecule has 1 aromatic carbocycles. The summed E-state index contributed by atoms with van der Waals surface area (Å²) in [6.45, 7) is 5.97. The molecular formula is C28H39N5O4. The number of nitrogens with zero attached hydrogens (tertiary/aromatic N) is 4. The second-order valence-electron chi connectivity index (χ2n) is 10.6. The van der Waals surface area contributed by atoms with Crippen molar-refractivity contribution in [3.63, 3.8) is 0 Å². The number of aliphatic hydroxyl groups excluding tert-OH is 1. The molecule has 0 saturated heterocycles. The van der Waals surface area contributed by atoms with Crippen LogP contribution < -0.4 is 10.1 Å². The molecule has 3 atom stereocenters. The Labute approximate surface area is 219 Å². The van der Waals surface area contributed by atoms with Gasteiger partial charge in [-0.15, -0.1) is 0 Å². The minimum absolute atomic E-state index is 0.00338. The summed E-state index contributed by atoms with van der Waals surface area (Å²) in [5.74, 6) is 0.391. The van der Waals surface area contributed by atoms with Crippen molar-refractivity contribution in [2.45, 2.75) is 58.1 Å². The number of hydrogen-bond donors (Lipinski definition) is 2. The van der Waals surface area contributed by atoms with E-state index in [1.165, 1.54) is 50.7 Å². The number of amides is 2. The Kier molecular flexibility index (Phi) is 9.10. The van der Waals surface area contributed by atoms with Crippen LogP contribution in [0.5, 0.6) is 5.75 Å². The first-order valence-corrected chi connectivity index (χ1v) is 13.3. The van der Waals surface area contributed by atoms with E-state index in [0.29, 0.717) is 36.0 Å². The molecule has 0 spiro atoms. The van der Waals surface area contributed by atoms with Crippen molar-refractivity contribution in [2.24, 2.45) is 11.8 Å². The van der Waals surface area contributed by atoms with Crippen molar-refractivity contribution < 1.29 is 19.4 Å². The van der Waals surface area contributed by atoms with E-state index in [2.05, 4.69) is 34.2 Å². The molecular weight excluding hydrogens is 470 g/mol. The largest absolute Gasteiger partial charge is 0.486 e. The smallest absolute Gasteiger partial charge is 0.275 e. The third kappa shape index (κ3) is 6.64. The fraction of sp³-hybridized carbons (Fsp3) is 0.571. The zero-order valence-corrected chi connectivity index (χ0v) is 22.1. The molecule has 9 heteroatoms. The molecule has 4 rings (SSSR count). The van der Waals surface area contributed by atoms with E-state index < -0.39 is 5.91 Å². The first-order valence-electron chi connectivity index (χ1n) is 13.3. The highest BCUT2D eigenvalue weighted by Crippen LogP contribution is 2.35. The number of anilines is 1. The average molecular weight is 510 g/mol. The zero-order chi connectivity index (χ0) is 26.4. The highest BCUT2D eigenvalue weighted by atomic mass is 16.5. The predicted molar refractivity (Wildman–Crippen MR) is 142 cm³/mol. The summed E-state index contributed by atoms with van der Waals surface area (Å²) in [6, 6.07) is 4.82. The topological polar surface area (TPSA) is 108 Å². The molecule has 2 N–H and O–H groups in total. The number of fused-ring (bicyclic) bond motifs is 1. The summed E-state index contributed by atoms with van der Waals surface area (Å²) in [4.78, 5) is 38.6. The Bertz CT molecular complexity index is 1060. The van der Waals surface area contributed by atoms with E-state index in [1.807, 2.05) is 6.92 Å². The molecule has 1 aromatic heterocycles. The lowest BCUT2D eigenvalue weighted by Crippen LogP contribution is -2.50. The summed E-state index contributed by atoms with van der Waals surface area (Å²) in [6.07, 6.45) is 10.6. The number of benzene rings is 1. The molecule has 1 fully saturated rings. The molecule has 0 unspecified atom stereocenters. The van der Waals surface area contributed by atoms with Crippen molar-refractivity contribution in [3.05, 3.63) is 48.0 Å². The molecule has 0 radical (unpaired) electrons. The highest BCUT2D eigenvalue weighted by Gasteiger charge is 2.35. The number of aliphatic hydroxyl groups is 1. The normalized spacial score (nSPS) is 21.5. The minimum atomic E-state index is -0.431. The summed E-state index contributed by atoms with van der Waals surface area (Å²) in [5, 5.41) is 12.8. The minimum Gasteiger partial charge on any atom is -0.486 e. The van der Waals surface area contributed by atoms with Gasteiger partial charge in [0, 0.05) is 37.9 Å². The van der Waals surface area contributed by atoms with E-state index in [4.69, 9.17) is 4.74 Å². The van der Waals surface area contributed by atoms with E-state index in [9.17, 15) is 14.7 Å². The Morgan fingerprint density at radius 1 is 1.24 bits per heavy atom. The number of carbonyl (C=O) groups is 2. The fourth-order valence-electron chi connectivity index (χ4n) is 5.35. The van der Waals surface area contributed by atoms with Gasteiger partial charge in [-0.25, -0.2) is 4.98 Å². The maximum Gasteiger partial charge on any atom is 0.275 e. The fourth-order valence-corrected chi connectivity index (χ4v) is 5.35. The van der Waals surface area contributed by atoms with Crippen LogP contribution in [0.2, 0.25) is 0 Å². The number of ether oxygens (including phenoxy) is 1. The predicted octanol–water partition coefficient (Wildman–Crippen LogP) is 3.46. The van der Waals surface area contributed by atoms with Crippen LogP contribution in [0.15, 0.2) is 36.8 Å². The SMILES string of the molecule is C[C@H](CO)N1C[C@H](C)[C@H](CN(C)CC2CCCCC2)Oc2c(NC(=O)c3cnccn3)cccc2C1=O. The Morgan fingerprint density at radius 2 is 2.03 bits per heavy atom. The molecule has 2 aliphatic rings. The summed E-state index contributed by atoms with van der Waals surface area (Å²) in [7, 11) is 2.13. The first kappa shape index (κ1) is 27.0. The van der Waals surface area contributed by atoms with Gasteiger partial charge in [-0.2, -0.15) is 0 Å². The molecule has 1 saturated carbocycles. The van der Waals surface area contributed by atoms with Crippen molar-refractivity contribution in [1.82, 2.24) is 19.8 Å². The molecule has 0 bridgehead atoms. The summed E-state index contributed by atoms with van der Waals surface area (Å²) < 4.78 is 6.61. The maximum absolute atomic E-state index is 13.6. The Balaban J connectivity index is 1.63. The van der Waals surface area contributed by atoms with Gasteiger partial charge in [-0.05, 0) is 44.9 Å². The van der Waals surface area contributed by atoms with Gasteiger partial charge in [0.2, 0.25) is 0 Å². The summed E-state index contributed by atoms with van der Waals surface area (Å²) in [5.41, 5.74) is 0.946. The standard InChI is InChI=1S/C28H39N5O4/c1-19-15-33(20(2)18-34)28(36)22-10-7-11-23(31-27(35)24-14-29-12-13-30-24)26(22)37-25(19)17-32(3)16-21-8-5-4-6-9-21/h7,10-14,19-21,25,34H,4-6,8-9,15-18H2,1-3H3,(H,31,35)/t19-,20+,25-/m0/s1. The average Bonchev–Trinajstić information content (AvgIpc) is 2.91. The third-order valence-electron chi connectivity index (χ3n) is 7.52. The lowest BCUT2D eigenvalue weighted by Gasteiger charge is -2.39. The van der Waals surface area contributed by atoms with Gasteiger partial charge < -0.3 is 25.0 Å². The third-order valence-corrected chi connectivity index (χ3v) is 7.52. The maximum atomic E-state index is 13.6.